The van der Waals surface area contributed by atoms with E-state index in [1.165, 1.54) is 9.79 Å². The summed E-state index contributed by atoms with van der Waals surface area (Å²) in [6.45, 7) is 0.710. The maximum Gasteiger partial charge on any atom is 0.173 e. The van der Waals surface area contributed by atoms with Gasteiger partial charge >= 0.3 is 0 Å². The maximum absolute atomic E-state index is 10.2. The highest BCUT2D eigenvalue weighted by atomic mass is 127. The molecule has 208 valence electrons. The Kier molecular flexibility index (Phi) is 10.9. The summed E-state index contributed by atoms with van der Waals surface area (Å²) in [6.07, 6.45) is 0. The Balaban J connectivity index is 1.52. The largest absolute Gasteiger partial charge is 0.506 e. The lowest BCUT2D eigenvalue weighted by Crippen LogP contribution is -2.06. The third kappa shape index (κ3) is 7.95. The van der Waals surface area contributed by atoms with E-state index in [1.54, 1.807) is 0 Å². The van der Waals surface area contributed by atoms with Gasteiger partial charge in [-0.05, 0) is 150 Å². The molecule has 0 saturated heterocycles. The minimum Gasteiger partial charge on any atom is -0.506 e. The van der Waals surface area contributed by atoms with Crippen molar-refractivity contribution in [2.45, 2.75) is 27.9 Å². The summed E-state index contributed by atoms with van der Waals surface area (Å²) in [5.41, 5.74) is 1.95. The lowest BCUT2D eigenvalue weighted by atomic mass is 10.2. The number of phenols is 2. The van der Waals surface area contributed by atoms with Crippen LogP contribution in [0.15, 0.2) is 118 Å². The van der Waals surface area contributed by atoms with E-state index in [9.17, 15) is 10.2 Å². The summed E-state index contributed by atoms with van der Waals surface area (Å²) in [5, 5.41) is 20.4. The highest BCUT2D eigenvalue weighted by molar-refractivity contribution is 14.1. The van der Waals surface area contributed by atoms with Gasteiger partial charge in [0.2, 0.25) is 0 Å². The molecular formula is C32H23I4O4S+. The molecule has 0 fully saturated rings. The zero-order valence-corrected chi connectivity index (χ0v) is 30.8. The van der Waals surface area contributed by atoms with Crippen LogP contribution in [0.2, 0.25) is 0 Å². The third-order valence-electron chi connectivity index (χ3n) is 6.01. The second-order valence-corrected chi connectivity index (χ2v) is 15.6. The average Bonchev–Trinajstić information content (AvgIpc) is 2.97. The van der Waals surface area contributed by atoms with Gasteiger partial charge in [0, 0.05) is 18.2 Å². The van der Waals surface area contributed by atoms with Crippen LogP contribution in [0.4, 0.5) is 0 Å². The van der Waals surface area contributed by atoms with Gasteiger partial charge in [-0.25, -0.2) is 0 Å². The summed E-state index contributed by atoms with van der Waals surface area (Å²) in [7, 11) is -0.383. The van der Waals surface area contributed by atoms with Crippen molar-refractivity contribution < 1.29 is 19.7 Å². The predicted octanol–water partition coefficient (Wildman–Crippen LogP) is 9.77. The van der Waals surface area contributed by atoms with Crippen LogP contribution in [0.5, 0.6) is 23.0 Å². The fraction of sp³-hybridized carbons (Fsp3) is 0.0625. The molecule has 0 amide bonds. The first-order valence-corrected chi connectivity index (χ1v) is 17.9. The van der Waals surface area contributed by atoms with Crippen molar-refractivity contribution in [3.05, 3.63) is 129 Å². The van der Waals surface area contributed by atoms with E-state index in [0.29, 0.717) is 36.2 Å². The molecule has 9 heteroatoms. The molecule has 0 unspecified atom stereocenters. The Hall–Kier alpha value is -1.43. The molecule has 0 aliphatic carbocycles. The number of halogens is 4. The van der Waals surface area contributed by atoms with E-state index in [4.69, 9.17) is 9.47 Å². The van der Waals surface area contributed by atoms with Gasteiger partial charge < -0.3 is 19.7 Å². The number of benzene rings is 5. The first-order chi connectivity index (χ1) is 19.8. The fourth-order valence-corrected chi connectivity index (χ4v) is 10.0. The van der Waals surface area contributed by atoms with Crippen LogP contribution in [-0.4, -0.2) is 10.2 Å². The van der Waals surface area contributed by atoms with E-state index >= 15 is 0 Å². The second kappa shape index (κ2) is 14.4. The molecule has 0 radical (unpaired) electrons. The van der Waals surface area contributed by atoms with E-state index in [2.05, 4.69) is 151 Å². The first kappa shape index (κ1) is 31.0. The molecule has 0 saturated carbocycles. The van der Waals surface area contributed by atoms with Gasteiger partial charge in [0.15, 0.2) is 14.7 Å². The average molecular weight is 1010 g/mol. The molecule has 0 aliphatic rings. The van der Waals surface area contributed by atoms with Crippen LogP contribution in [0.25, 0.3) is 0 Å². The predicted molar refractivity (Wildman–Crippen MR) is 197 cm³/mol. The Morgan fingerprint density at radius 2 is 0.854 bits per heavy atom. The zero-order valence-electron chi connectivity index (χ0n) is 21.4. The van der Waals surface area contributed by atoms with Crippen LogP contribution in [0.1, 0.15) is 11.1 Å². The number of ether oxygens (including phenoxy) is 2. The normalized spacial score (nSPS) is 11.0. The van der Waals surface area contributed by atoms with Crippen LogP contribution < -0.4 is 9.47 Å². The molecule has 5 aromatic carbocycles. The zero-order chi connectivity index (χ0) is 28.9. The second-order valence-electron chi connectivity index (χ2n) is 8.97. The van der Waals surface area contributed by atoms with E-state index in [-0.39, 0.29) is 10.9 Å². The van der Waals surface area contributed by atoms with Gasteiger partial charge in [0.05, 0.1) is 25.2 Å². The molecule has 41 heavy (non-hydrogen) atoms. The van der Waals surface area contributed by atoms with Gasteiger partial charge in [-0.15, -0.1) is 0 Å². The Morgan fingerprint density at radius 1 is 0.488 bits per heavy atom. The Morgan fingerprint density at radius 3 is 1.22 bits per heavy atom. The summed E-state index contributed by atoms with van der Waals surface area (Å²) >= 11 is 8.56. The number of phenolic OH excluding ortho intramolecular Hbond substituents is 2. The van der Waals surface area contributed by atoms with Crippen LogP contribution >= 0.6 is 90.4 Å². The highest BCUT2D eigenvalue weighted by Gasteiger charge is 2.30. The van der Waals surface area contributed by atoms with Crippen molar-refractivity contribution >= 4 is 101 Å². The van der Waals surface area contributed by atoms with Crippen LogP contribution in [-0.2, 0) is 24.1 Å². The number of rotatable bonds is 9. The smallest absolute Gasteiger partial charge is 0.173 e. The van der Waals surface area contributed by atoms with Gasteiger partial charge in [-0.3, -0.25) is 0 Å². The van der Waals surface area contributed by atoms with E-state index in [1.807, 2.05) is 42.5 Å². The van der Waals surface area contributed by atoms with Crippen molar-refractivity contribution in [3.63, 3.8) is 0 Å². The van der Waals surface area contributed by atoms with Crippen LogP contribution in [0, 0.1) is 14.3 Å². The minimum absolute atomic E-state index is 0.293. The summed E-state index contributed by atoms with van der Waals surface area (Å²) in [5.74, 6) is 1.99. The molecule has 0 aliphatic heterocycles. The van der Waals surface area contributed by atoms with E-state index in [0.717, 1.165) is 30.3 Å². The van der Waals surface area contributed by atoms with Gasteiger partial charge in [0.1, 0.15) is 36.2 Å². The molecule has 4 nitrogen and oxygen atoms in total. The summed E-state index contributed by atoms with van der Waals surface area (Å²) in [6, 6.07) is 34.8. The minimum atomic E-state index is -0.383. The van der Waals surface area contributed by atoms with Gasteiger partial charge in [-0.2, -0.15) is 0 Å². The highest BCUT2D eigenvalue weighted by Crippen LogP contribution is 2.37. The van der Waals surface area contributed by atoms with Crippen molar-refractivity contribution in [2.75, 3.05) is 0 Å². The molecule has 0 spiro atoms. The quantitative estimate of drug-likeness (QED) is 0.114. The first-order valence-electron chi connectivity index (χ1n) is 12.4. The Bertz CT molecular complexity index is 1500. The van der Waals surface area contributed by atoms with E-state index < -0.39 is 0 Å². The topological polar surface area (TPSA) is 58.9 Å². The molecule has 5 rings (SSSR count). The van der Waals surface area contributed by atoms with Gasteiger partial charge in [-0.1, -0.05) is 36.4 Å². The molecule has 5 aromatic rings. The molecule has 0 aromatic heterocycles. The fourth-order valence-electron chi connectivity index (χ4n) is 4.09. The molecule has 0 atom stereocenters. The Labute approximate surface area is 296 Å². The van der Waals surface area contributed by atoms with Crippen molar-refractivity contribution in [1.29, 1.82) is 0 Å². The maximum atomic E-state index is 10.2. The van der Waals surface area contributed by atoms with Crippen LogP contribution in [0.3, 0.4) is 0 Å². The monoisotopic (exact) mass is 1010 g/mol. The lowest BCUT2D eigenvalue weighted by Gasteiger charge is -2.14. The number of hydrogen-bond donors (Lipinski definition) is 2. The lowest BCUT2D eigenvalue weighted by molar-refractivity contribution is 0.288. The van der Waals surface area contributed by atoms with Crippen molar-refractivity contribution in [1.82, 2.24) is 0 Å². The SMILES string of the molecule is Oc1c(I)cc(COc2cc(OCc3cc(I)c(O)c(I)c3)cc([S+](c3ccccc3)c3ccccc3)c2)cc1I. The summed E-state index contributed by atoms with van der Waals surface area (Å²) in [4.78, 5) is 3.49. The number of hydrogen-bond acceptors (Lipinski definition) is 4. The molecular weight excluding hydrogens is 988 g/mol. The summed E-state index contributed by atoms with van der Waals surface area (Å²) < 4.78 is 15.9. The molecule has 2 N–H and O–H groups in total. The van der Waals surface area contributed by atoms with Crippen molar-refractivity contribution in [2.24, 2.45) is 0 Å². The van der Waals surface area contributed by atoms with Crippen molar-refractivity contribution in [3.8, 4) is 23.0 Å². The standard InChI is InChI=1S/C32H22I4O4S/c33-27-11-20(12-28(34)31(27)37)18-39-22-15-23(40-19-21-13-29(35)32(38)30(36)14-21)17-26(16-22)41(24-7-3-1-4-8-24)25-9-5-2-6-10-25/h1-17H,18-19H2,(H-,37,38)/p+1. The molecule has 0 heterocycles. The van der Waals surface area contributed by atoms with Gasteiger partial charge in [0.25, 0.3) is 0 Å². The number of aromatic hydroxyl groups is 2. The molecule has 0 bridgehead atoms. The third-order valence-corrected chi connectivity index (χ3v) is 11.5.